The van der Waals surface area contributed by atoms with E-state index in [9.17, 15) is 0 Å². The zero-order valence-corrected chi connectivity index (χ0v) is 15.8. The molecule has 3 heterocycles. The Morgan fingerprint density at radius 2 is 2.04 bits per heavy atom. The third-order valence-electron chi connectivity index (χ3n) is 5.14. The van der Waals surface area contributed by atoms with Gasteiger partial charge in [0.15, 0.2) is 0 Å². The Labute approximate surface area is 150 Å². The van der Waals surface area contributed by atoms with Gasteiger partial charge in [0.2, 0.25) is 0 Å². The monoisotopic (exact) mass is 384 g/mol. The van der Waals surface area contributed by atoms with Gasteiger partial charge in [0.25, 0.3) is 0 Å². The average Bonchev–Trinajstić information content (AvgIpc) is 3.11. The molecule has 0 amide bonds. The summed E-state index contributed by atoms with van der Waals surface area (Å²) in [5.74, 6) is 0. The number of hydrogen-bond donors (Lipinski definition) is 0. The summed E-state index contributed by atoms with van der Waals surface area (Å²) in [5.41, 5.74) is 6.11. The molecule has 0 saturated carbocycles. The molecule has 24 heavy (non-hydrogen) atoms. The lowest BCUT2D eigenvalue weighted by atomic mass is 10.0. The Morgan fingerprint density at radius 3 is 2.79 bits per heavy atom. The van der Waals surface area contributed by atoms with Crippen LogP contribution in [0.4, 0.5) is 5.69 Å². The molecule has 5 heteroatoms. The van der Waals surface area contributed by atoms with E-state index in [1.165, 1.54) is 35.2 Å². The maximum absolute atomic E-state index is 4.63. The van der Waals surface area contributed by atoms with Crippen LogP contribution in [0.15, 0.2) is 34.9 Å². The molecule has 0 bridgehead atoms. The van der Waals surface area contributed by atoms with Crippen molar-refractivity contribution in [1.29, 1.82) is 0 Å². The zero-order chi connectivity index (χ0) is 16.8. The molecule has 0 spiro atoms. The standard InChI is InChI=1S/C19H21BrN4/c1-12-19(13(2)23(3)22-12)18-5-4-10-24(18)17-8-9-21-16-7-6-14(20)11-15(16)17/h6-9,11,18H,4-5,10H2,1-3H3. The molecular formula is C19H21BrN4. The van der Waals surface area contributed by atoms with Crippen molar-refractivity contribution in [2.45, 2.75) is 32.7 Å². The minimum atomic E-state index is 0.392. The van der Waals surface area contributed by atoms with Gasteiger partial charge in [-0.15, -0.1) is 0 Å². The van der Waals surface area contributed by atoms with Gasteiger partial charge >= 0.3 is 0 Å². The van der Waals surface area contributed by atoms with Crippen molar-refractivity contribution < 1.29 is 0 Å². The summed E-state index contributed by atoms with van der Waals surface area (Å²) in [4.78, 5) is 7.06. The van der Waals surface area contributed by atoms with E-state index in [-0.39, 0.29) is 0 Å². The molecule has 1 fully saturated rings. The van der Waals surface area contributed by atoms with E-state index in [0.29, 0.717) is 6.04 Å². The molecule has 1 aromatic carbocycles. The largest absolute Gasteiger partial charge is 0.364 e. The van der Waals surface area contributed by atoms with Crippen LogP contribution in [-0.2, 0) is 7.05 Å². The lowest BCUT2D eigenvalue weighted by Crippen LogP contribution is -2.23. The molecular weight excluding hydrogens is 364 g/mol. The van der Waals surface area contributed by atoms with Gasteiger partial charge in [-0.2, -0.15) is 5.10 Å². The minimum absolute atomic E-state index is 0.392. The van der Waals surface area contributed by atoms with Crippen molar-refractivity contribution >= 4 is 32.5 Å². The van der Waals surface area contributed by atoms with Gasteiger partial charge in [0.1, 0.15) is 0 Å². The average molecular weight is 385 g/mol. The lowest BCUT2D eigenvalue weighted by molar-refractivity contribution is 0.700. The van der Waals surface area contributed by atoms with Crippen LogP contribution < -0.4 is 4.90 Å². The molecule has 2 aromatic heterocycles. The third-order valence-corrected chi connectivity index (χ3v) is 5.63. The second-order valence-corrected chi connectivity index (χ2v) is 7.47. The number of aryl methyl sites for hydroxylation is 2. The van der Waals surface area contributed by atoms with Crippen molar-refractivity contribution in [3.8, 4) is 0 Å². The van der Waals surface area contributed by atoms with Crippen molar-refractivity contribution in [2.24, 2.45) is 7.05 Å². The highest BCUT2D eigenvalue weighted by atomic mass is 79.9. The normalized spacial score (nSPS) is 17.8. The van der Waals surface area contributed by atoms with Crippen molar-refractivity contribution in [2.75, 3.05) is 11.4 Å². The molecule has 1 aliphatic rings. The van der Waals surface area contributed by atoms with Crippen molar-refractivity contribution in [1.82, 2.24) is 14.8 Å². The number of aromatic nitrogens is 3. The zero-order valence-electron chi connectivity index (χ0n) is 14.3. The lowest BCUT2D eigenvalue weighted by Gasteiger charge is -2.28. The second kappa shape index (κ2) is 5.88. The number of pyridine rings is 1. The number of nitrogens with zero attached hydrogens (tertiary/aromatic N) is 4. The van der Waals surface area contributed by atoms with E-state index in [2.05, 4.69) is 69.0 Å². The van der Waals surface area contributed by atoms with E-state index in [0.717, 1.165) is 22.2 Å². The first kappa shape index (κ1) is 15.6. The van der Waals surface area contributed by atoms with Gasteiger partial charge in [-0.25, -0.2) is 0 Å². The van der Waals surface area contributed by atoms with Crippen LogP contribution >= 0.6 is 15.9 Å². The molecule has 0 N–H and O–H groups in total. The maximum atomic E-state index is 4.63. The fourth-order valence-electron chi connectivity index (χ4n) is 3.98. The summed E-state index contributed by atoms with van der Waals surface area (Å²) in [7, 11) is 2.03. The smallest absolute Gasteiger partial charge is 0.0723 e. The highest BCUT2D eigenvalue weighted by Crippen LogP contribution is 2.41. The van der Waals surface area contributed by atoms with Gasteiger partial charge in [-0.05, 0) is 51.0 Å². The Morgan fingerprint density at radius 1 is 1.21 bits per heavy atom. The highest BCUT2D eigenvalue weighted by molar-refractivity contribution is 9.10. The predicted molar refractivity (Wildman–Crippen MR) is 101 cm³/mol. The van der Waals surface area contributed by atoms with E-state index in [1.54, 1.807) is 0 Å². The fraction of sp³-hybridized carbons (Fsp3) is 0.368. The van der Waals surface area contributed by atoms with Gasteiger partial charge < -0.3 is 4.90 Å². The van der Waals surface area contributed by atoms with Crippen LogP contribution in [-0.4, -0.2) is 21.3 Å². The fourth-order valence-corrected chi connectivity index (χ4v) is 4.34. The van der Waals surface area contributed by atoms with E-state index < -0.39 is 0 Å². The molecule has 0 radical (unpaired) electrons. The van der Waals surface area contributed by atoms with E-state index >= 15 is 0 Å². The molecule has 4 nitrogen and oxygen atoms in total. The minimum Gasteiger partial charge on any atom is -0.364 e. The molecule has 4 rings (SSSR count). The van der Waals surface area contributed by atoms with Crippen molar-refractivity contribution in [3.05, 3.63) is 51.9 Å². The van der Waals surface area contributed by atoms with Gasteiger partial charge in [-0.1, -0.05) is 15.9 Å². The first-order valence-corrected chi connectivity index (χ1v) is 9.16. The Balaban J connectivity index is 1.85. The van der Waals surface area contributed by atoms with Crippen LogP contribution in [0.3, 0.4) is 0 Å². The van der Waals surface area contributed by atoms with E-state index in [4.69, 9.17) is 0 Å². The van der Waals surface area contributed by atoms with Crippen molar-refractivity contribution in [3.63, 3.8) is 0 Å². The van der Waals surface area contributed by atoms with Crippen LogP contribution in [0.25, 0.3) is 10.9 Å². The number of halogens is 1. The molecule has 1 aliphatic heterocycles. The number of hydrogen-bond acceptors (Lipinski definition) is 3. The molecule has 3 aromatic rings. The molecule has 1 saturated heterocycles. The second-order valence-electron chi connectivity index (χ2n) is 6.55. The van der Waals surface area contributed by atoms with Crippen LogP contribution in [0, 0.1) is 13.8 Å². The van der Waals surface area contributed by atoms with Gasteiger partial charge in [0, 0.05) is 46.6 Å². The van der Waals surface area contributed by atoms with Crippen LogP contribution in [0.1, 0.15) is 35.8 Å². The summed E-state index contributed by atoms with van der Waals surface area (Å²) in [6, 6.07) is 8.84. The number of anilines is 1. The number of rotatable bonds is 2. The molecule has 1 atom stereocenters. The van der Waals surface area contributed by atoms with Crippen LogP contribution in [0.5, 0.6) is 0 Å². The Kier molecular flexibility index (Phi) is 3.83. The molecule has 124 valence electrons. The first-order chi connectivity index (χ1) is 11.6. The SMILES string of the molecule is Cc1nn(C)c(C)c1C1CCCN1c1ccnc2ccc(Br)cc12. The summed E-state index contributed by atoms with van der Waals surface area (Å²) in [6.07, 6.45) is 4.30. The summed E-state index contributed by atoms with van der Waals surface area (Å²) in [6.45, 7) is 5.37. The Hall–Kier alpha value is -1.88. The van der Waals surface area contributed by atoms with Gasteiger partial charge in [0.05, 0.1) is 17.3 Å². The predicted octanol–water partition coefficient (Wildman–Crippen LogP) is 4.69. The number of benzene rings is 1. The van der Waals surface area contributed by atoms with E-state index in [1.807, 2.05) is 17.9 Å². The highest BCUT2D eigenvalue weighted by Gasteiger charge is 2.31. The third kappa shape index (κ3) is 2.42. The molecule has 0 aliphatic carbocycles. The quantitative estimate of drug-likeness (QED) is 0.642. The molecule has 1 unspecified atom stereocenters. The van der Waals surface area contributed by atoms with Gasteiger partial charge in [-0.3, -0.25) is 9.67 Å². The topological polar surface area (TPSA) is 34.0 Å². The summed E-state index contributed by atoms with van der Waals surface area (Å²) in [5, 5.41) is 5.84. The maximum Gasteiger partial charge on any atom is 0.0723 e. The van der Waals surface area contributed by atoms with Crippen LogP contribution in [0.2, 0.25) is 0 Å². The number of fused-ring (bicyclic) bond motifs is 1. The Bertz CT molecular complexity index is 915. The first-order valence-electron chi connectivity index (χ1n) is 8.37. The summed E-state index contributed by atoms with van der Waals surface area (Å²) >= 11 is 3.60. The summed E-state index contributed by atoms with van der Waals surface area (Å²) < 4.78 is 3.09.